The van der Waals surface area contributed by atoms with Gasteiger partial charge in [-0.15, -0.1) is 0 Å². The summed E-state index contributed by atoms with van der Waals surface area (Å²) < 4.78 is 0. The lowest BCUT2D eigenvalue weighted by atomic mass is 9.38. The molecule has 1 aromatic carbocycles. The van der Waals surface area contributed by atoms with Crippen molar-refractivity contribution in [3.05, 3.63) is 35.9 Å². The normalized spacial score (nSPS) is 45.5. The number of carbonyl (C=O) groups excluding carboxylic acids is 1. The lowest BCUT2D eigenvalue weighted by molar-refractivity contribution is -0.156. The van der Waals surface area contributed by atoms with Gasteiger partial charge in [-0.1, -0.05) is 37.3 Å². The Kier molecular flexibility index (Phi) is 2.28. The van der Waals surface area contributed by atoms with Crippen LogP contribution in [0.3, 0.4) is 0 Å². The van der Waals surface area contributed by atoms with Gasteiger partial charge in [0.25, 0.3) is 0 Å². The van der Waals surface area contributed by atoms with Crippen LogP contribution < -0.4 is 5.73 Å². The number of rotatable bonds is 2. The molecule has 1 aromatic rings. The Balaban J connectivity index is 1.85. The number of primary amides is 1. The smallest absolute Gasteiger partial charge is 0.223 e. The maximum atomic E-state index is 12.2. The summed E-state index contributed by atoms with van der Waals surface area (Å²) in [4.78, 5) is 12.2. The number of benzene rings is 1. The van der Waals surface area contributed by atoms with Gasteiger partial charge >= 0.3 is 0 Å². The van der Waals surface area contributed by atoms with E-state index in [0.29, 0.717) is 11.3 Å². The number of nitrogens with two attached hydrogens (primary N) is 1. The summed E-state index contributed by atoms with van der Waals surface area (Å²) in [5.41, 5.74) is 7.56. The molecule has 20 heavy (non-hydrogen) atoms. The molecular weight excluding hydrogens is 246 g/mol. The highest BCUT2D eigenvalue weighted by atomic mass is 16.1. The van der Waals surface area contributed by atoms with Gasteiger partial charge in [-0.25, -0.2) is 0 Å². The predicted molar refractivity (Wildman–Crippen MR) is 79.0 cm³/mol. The second-order valence-electron chi connectivity index (χ2n) is 8.11. The lowest BCUT2D eigenvalue weighted by Crippen LogP contribution is -2.61. The van der Waals surface area contributed by atoms with Crippen LogP contribution >= 0.6 is 0 Å². The summed E-state index contributed by atoms with van der Waals surface area (Å²) in [7, 11) is 0. The summed E-state index contributed by atoms with van der Waals surface area (Å²) in [5.74, 6) is 0.636. The molecule has 2 unspecified atom stereocenters. The van der Waals surface area contributed by atoms with Crippen LogP contribution in [0.25, 0.3) is 0 Å². The third kappa shape index (κ3) is 1.54. The van der Waals surface area contributed by atoms with Crippen molar-refractivity contribution in [1.82, 2.24) is 0 Å². The first kappa shape index (κ1) is 12.4. The number of hydrogen-bond acceptors (Lipinski definition) is 1. The summed E-state index contributed by atoms with van der Waals surface area (Å²) in [6.07, 6.45) is 6.80. The fourth-order valence-electron chi connectivity index (χ4n) is 6.31. The van der Waals surface area contributed by atoms with E-state index in [1.165, 1.54) is 24.8 Å². The van der Waals surface area contributed by atoms with Gasteiger partial charge in [-0.05, 0) is 60.8 Å². The Morgan fingerprint density at radius 3 is 2.50 bits per heavy atom. The second-order valence-corrected chi connectivity index (χ2v) is 8.11. The van der Waals surface area contributed by atoms with Gasteiger partial charge in [0.05, 0.1) is 5.41 Å². The van der Waals surface area contributed by atoms with Gasteiger partial charge < -0.3 is 5.73 Å². The molecule has 5 rings (SSSR count). The molecule has 106 valence electrons. The van der Waals surface area contributed by atoms with Gasteiger partial charge in [-0.2, -0.15) is 0 Å². The van der Waals surface area contributed by atoms with Crippen molar-refractivity contribution in [2.75, 3.05) is 0 Å². The Hall–Kier alpha value is -1.31. The molecule has 0 saturated heterocycles. The van der Waals surface area contributed by atoms with E-state index in [9.17, 15) is 4.79 Å². The summed E-state index contributed by atoms with van der Waals surface area (Å²) >= 11 is 0. The van der Waals surface area contributed by atoms with Crippen LogP contribution in [0.1, 0.15) is 51.0 Å². The summed E-state index contributed by atoms with van der Waals surface area (Å²) in [5, 5.41) is 0. The zero-order valence-electron chi connectivity index (χ0n) is 12.2. The minimum absolute atomic E-state index is 0.0480. The Morgan fingerprint density at radius 2 is 1.85 bits per heavy atom. The SMILES string of the molecule is C[C@]12CC3CC(C(N)=O)(C1)C[C@@](c1ccccc1)(C3)C2. The highest BCUT2D eigenvalue weighted by Crippen LogP contribution is 2.69. The Morgan fingerprint density at radius 1 is 1.10 bits per heavy atom. The first-order valence-corrected chi connectivity index (χ1v) is 7.81. The molecule has 4 saturated carbocycles. The van der Waals surface area contributed by atoms with Crippen molar-refractivity contribution in [3.8, 4) is 0 Å². The highest BCUT2D eigenvalue weighted by molar-refractivity contribution is 5.82. The van der Waals surface area contributed by atoms with E-state index in [0.717, 1.165) is 19.3 Å². The van der Waals surface area contributed by atoms with Crippen molar-refractivity contribution in [2.24, 2.45) is 22.5 Å². The van der Waals surface area contributed by atoms with Gasteiger partial charge in [0.1, 0.15) is 0 Å². The molecule has 1 amide bonds. The van der Waals surface area contributed by atoms with E-state index in [-0.39, 0.29) is 16.7 Å². The molecule has 0 aliphatic heterocycles. The van der Waals surface area contributed by atoms with Crippen molar-refractivity contribution >= 4 is 5.91 Å². The second kappa shape index (κ2) is 3.66. The average Bonchev–Trinajstić information content (AvgIpc) is 2.37. The Bertz CT molecular complexity index is 568. The molecule has 0 spiro atoms. The molecule has 2 heteroatoms. The first-order valence-electron chi connectivity index (χ1n) is 7.81. The van der Waals surface area contributed by atoms with E-state index < -0.39 is 0 Å². The molecule has 4 fully saturated rings. The standard InChI is InChI=1S/C18H23NO/c1-16-7-13-8-17(10-16,14-5-3-2-4-6-14)12-18(9-13,11-16)15(19)20/h2-6,13H,7-12H2,1H3,(H2,19,20)/t13?,16-,17-,18?/m1/s1. The molecule has 0 radical (unpaired) electrons. The van der Waals surface area contributed by atoms with E-state index in [1.54, 1.807) is 0 Å². The highest BCUT2D eigenvalue weighted by Gasteiger charge is 2.64. The molecule has 0 aromatic heterocycles. The van der Waals surface area contributed by atoms with E-state index in [1.807, 2.05) is 0 Å². The van der Waals surface area contributed by atoms with Crippen LogP contribution in [0.5, 0.6) is 0 Å². The average molecular weight is 269 g/mol. The van der Waals surface area contributed by atoms with Crippen LogP contribution in [-0.2, 0) is 10.2 Å². The van der Waals surface area contributed by atoms with Crippen molar-refractivity contribution in [3.63, 3.8) is 0 Å². The quantitative estimate of drug-likeness (QED) is 0.878. The van der Waals surface area contributed by atoms with Crippen LogP contribution in [0, 0.1) is 16.7 Å². The van der Waals surface area contributed by atoms with Crippen LogP contribution in [0.2, 0.25) is 0 Å². The van der Waals surface area contributed by atoms with Crippen LogP contribution in [0.15, 0.2) is 30.3 Å². The molecule has 4 aliphatic carbocycles. The zero-order valence-corrected chi connectivity index (χ0v) is 12.2. The number of carbonyl (C=O) groups is 1. The zero-order chi connectivity index (χ0) is 14.0. The fourth-order valence-corrected chi connectivity index (χ4v) is 6.31. The molecule has 4 bridgehead atoms. The molecule has 2 nitrogen and oxygen atoms in total. The van der Waals surface area contributed by atoms with Crippen molar-refractivity contribution in [1.29, 1.82) is 0 Å². The van der Waals surface area contributed by atoms with E-state index >= 15 is 0 Å². The van der Waals surface area contributed by atoms with Crippen molar-refractivity contribution < 1.29 is 4.79 Å². The van der Waals surface area contributed by atoms with Gasteiger partial charge in [-0.3, -0.25) is 4.79 Å². The van der Waals surface area contributed by atoms with Crippen molar-refractivity contribution in [2.45, 2.75) is 50.9 Å². The predicted octanol–water partition coefficient (Wildman–Crippen LogP) is 3.40. The topological polar surface area (TPSA) is 43.1 Å². The molecule has 4 aliphatic rings. The third-order valence-electron chi connectivity index (χ3n) is 6.26. The third-order valence-corrected chi connectivity index (χ3v) is 6.26. The van der Waals surface area contributed by atoms with Gasteiger partial charge in [0, 0.05) is 0 Å². The largest absolute Gasteiger partial charge is 0.369 e. The molecule has 0 heterocycles. The Labute approximate surface area is 120 Å². The molecular formula is C18H23NO. The summed E-state index contributed by atoms with van der Waals surface area (Å²) in [6.45, 7) is 2.38. The number of hydrogen-bond donors (Lipinski definition) is 1. The fraction of sp³-hybridized carbons (Fsp3) is 0.611. The number of amides is 1. The maximum absolute atomic E-state index is 12.2. The maximum Gasteiger partial charge on any atom is 0.223 e. The lowest BCUT2D eigenvalue weighted by Gasteiger charge is -2.65. The molecule has 4 atom stereocenters. The monoisotopic (exact) mass is 269 g/mol. The van der Waals surface area contributed by atoms with E-state index in [4.69, 9.17) is 5.73 Å². The minimum atomic E-state index is -0.232. The summed E-state index contributed by atoms with van der Waals surface area (Å²) in [6, 6.07) is 10.9. The molecule has 2 N–H and O–H groups in total. The van der Waals surface area contributed by atoms with Crippen LogP contribution in [-0.4, -0.2) is 5.91 Å². The minimum Gasteiger partial charge on any atom is -0.369 e. The first-order chi connectivity index (χ1) is 9.46. The van der Waals surface area contributed by atoms with Crippen LogP contribution in [0.4, 0.5) is 0 Å². The van der Waals surface area contributed by atoms with E-state index in [2.05, 4.69) is 37.3 Å². The van der Waals surface area contributed by atoms with Gasteiger partial charge in [0.2, 0.25) is 5.91 Å². The van der Waals surface area contributed by atoms with Gasteiger partial charge in [0.15, 0.2) is 0 Å².